The summed E-state index contributed by atoms with van der Waals surface area (Å²) in [6.45, 7) is 0.328. The Morgan fingerprint density at radius 3 is 2.46 bits per heavy atom. The zero-order chi connectivity index (χ0) is 19.7. The van der Waals surface area contributed by atoms with E-state index in [4.69, 9.17) is 9.47 Å². The van der Waals surface area contributed by atoms with Gasteiger partial charge in [-0.25, -0.2) is 8.42 Å². The quantitative estimate of drug-likeness (QED) is 0.715. The maximum absolute atomic E-state index is 13.1. The molecule has 0 radical (unpaired) electrons. The number of sulfonamides is 1. The van der Waals surface area contributed by atoms with Crippen LogP contribution in [0.1, 0.15) is 38.5 Å². The van der Waals surface area contributed by atoms with E-state index in [1.807, 2.05) is 18.2 Å². The summed E-state index contributed by atoms with van der Waals surface area (Å²) in [5.41, 5.74) is 0. The maximum Gasteiger partial charge on any atom is 0.324 e. The second-order valence-electron chi connectivity index (χ2n) is 7.49. The Morgan fingerprint density at radius 1 is 1.00 bits per heavy atom. The number of carbonyl (C=O) groups excluding carboxylic acids is 1. The van der Waals surface area contributed by atoms with Gasteiger partial charge in [-0.2, -0.15) is 4.31 Å². The highest BCUT2D eigenvalue weighted by Crippen LogP contribution is 2.31. The van der Waals surface area contributed by atoms with Crippen LogP contribution in [-0.4, -0.2) is 44.5 Å². The van der Waals surface area contributed by atoms with Crippen LogP contribution in [0.3, 0.4) is 0 Å². The molecular weight excluding hydrogens is 378 g/mol. The van der Waals surface area contributed by atoms with Crippen molar-refractivity contribution in [3.05, 3.63) is 36.4 Å². The average Bonchev–Trinajstić information content (AvgIpc) is 3.39. The molecule has 7 heteroatoms. The van der Waals surface area contributed by atoms with Gasteiger partial charge >= 0.3 is 5.97 Å². The van der Waals surface area contributed by atoms with Crippen LogP contribution in [0.5, 0.6) is 5.75 Å². The molecule has 0 amide bonds. The van der Waals surface area contributed by atoms with Gasteiger partial charge in [-0.1, -0.05) is 12.1 Å². The minimum Gasteiger partial charge on any atom is -0.490 e. The largest absolute Gasteiger partial charge is 0.490 e. The SMILES string of the molecule is COC(=O)[C@@H]1CCCN1S(=O)(=O)c1ccc2cc(OC3CCCC3)ccc2c1. The van der Waals surface area contributed by atoms with Crippen molar-refractivity contribution in [2.75, 3.05) is 13.7 Å². The zero-order valence-corrected chi connectivity index (χ0v) is 16.8. The summed E-state index contributed by atoms with van der Waals surface area (Å²) in [6.07, 6.45) is 6.02. The van der Waals surface area contributed by atoms with Crippen LogP contribution in [0, 0.1) is 0 Å². The molecule has 2 aliphatic rings. The number of esters is 1. The second kappa shape index (κ2) is 7.72. The monoisotopic (exact) mass is 403 g/mol. The molecule has 4 rings (SSSR count). The van der Waals surface area contributed by atoms with Crippen LogP contribution in [0.15, 0.2) is 41.3 Å². The van der Waals surface area contributed by atoms with E-state index in [9.17, 15) is 13.2 Å². The molecule has 1 saturated carbocycles. The summed E-state index contributed by atoms with van der Waals surface area (Å²) in [7, 11) is -2.48. The van der Waals surface area contributed by atoms with Crippen molar-refractivity contribution in [2.45, 2.75) is 55.6 Å². The van der Waals surface area contributed by atoms with Gasteiger partial charge in [0, 0.05) is 6.54 Å². The molecule has 0 N–H and O–H groups in total. The summed E-state index contributed by atoms with van der Waals surface area (Å²) >= 11 is 0. The lowest BCUT2D eigenvalue weighted by molar-refractivity contribution is -0.144. The number of nitrogens with zero attached hydrogens (tertiary/aromatic N) is 1. The fourth-order valence-corrected chi connectivity index (χ4v) is 5.85. The van der Waals surface area contributed by atoms with Gasteiger partial charge in [0.15, 0.2) is 0 Å². The molecule has 0 spiro atoms. The number of hydrogen-bond donors (Lipinski definition) is 0. The molecule has 1 aliphatic heterocycles. The van der Waals surface area contributed by atoms with E-state index < -0.39 is 22.0 Å². The van der Waals surface area contributed by atoms with E-state index in [1.54, 1.807) is 18.2 Å². The first-order valence-corrected chi connectivity index (χ1v) is 11.2. The first-order valence-electron chi connectivity index (χ1n) is 9.79. The van der Waals surface area contributed by atoms with Crippen molar-refractivity contribution >= 4 is 26.8 Å². The van der Waals surface area contributed by atoms with Crippen molar-refractivity contribution < 1.29 is 22.7 Å². The van der Waals surface area contributed by atoms with Crippen LogP contribution >= 0.6 is 0 Å². The first-order chi connectivity index (χ1) is 13.5. The van der Waals surface area contributed by atoms with Crippen LogP contribution in [0.4, 0.5) is 0 Å². The highest BCUT2D eigenvalue weighted by molar-refractivity contribution is 7.89. The zero-order valence-electron chi connectivity index (χ0n) is 16.0. The van der Waals surface area contributed by atoms with Crippen LogP contribution in [-0.2, 0) is 19.6 Å². The molecule has 2 aromatic rings. The van der Waals surface area contributed by atoms with Gasteiger partial charge in [-0.05, 0) is 73.6 Å². The molecule has 28 heavy (non-hydrogen) atoms. The molecule has 2 aromatic carbocycles. The maximum atomic E-state index is 13.1. The summed E-state index contributed by atoms with van der Waals surface area (Å²) < 4.78 is 38.3. The molecule has 0 unspecified atom stereocenters. The molecule has 1 atom stereocenters. The fourth-order valence-electron chi connectivity index (χ4n) is 4.17. The Bertz CT molecular complexity index is 981. The van der Waals surface area contributed by atoms with Gasteiger partial charge in [0.2, 0.25) is 10.0 Å². The third-order valence-corrected chi connectivity index (χ3v) is 7.58. The van der Waals surface area contributed by atoms with Gasteiger partial charge in [-0.3, -0.25) is 4.79 Å². The molecule has 150 valence electrons. The van der Waals surface area contributed by atoms with E-state index in [0.29, 0.717) is 19.4 Å². The lowest BCUT2D eigenvalue weighted by Gasteiger charge is -2.22. The van der Waals surface area contributed by atoms with Crippen molar-refractivity contribution in [2.24, 2.45) is 0 Å². The Hall–Kier alpha value is -2.12. The van der Waals surface area contributed by atoms with Crippen molar-refractivity contribution in [3.63, 3.8) is 0 Å². The van der Waals surface area contributed by atoms with Gasteiger partial charge in [0.05, 0.1) is 18.1 Å². The van der Waals surface area contributed by atoms with Crippen LogP contribution < -0.4 is 4.74 Å². The third kappa shape index (κ3) is 3.61. The Balaban J connectivity index is 1.60. The van der Waals surface area contributed by atoms with Crippen molar-refractivity contribution in [3.8, 4) is 5.75 Å². The lowest BCUT2D eigenvalue weighted by Crippen LogP contribution is -2.41. The first kappa shape index (κ1) is 19.2. The number of methoxy groups -OCH3 is 1. The van der Waals surface area contributed by atoms with Crippen molar-refractivity contribution in [1.29, 1.82) is 0 Å². The minimum atomic E-state index is -3.76. The molecule has 1 aliphatic carbocycles. The Labute approximate surface area is 165 Å². The van der Waals surface area contributed by atoms with Gasteiger partial charge in [0.25, 0.3) is 0 Å². The topological polar surface area (TPSA) is 72.9 Å². The number of benzene rings is 2. The average molecular weight is 404 g/mol. The fraction of sp³-hybridized carbons (Fsp3) is 0.476. The smallest absolute Gasteiger partial charge is 0.324 e. The molecule has 0 bridgehead atoms. The lowest BCUT2D eigenvalue weighted by atomic mass is 10.1. The van der Waals surface area contributed by atoms with E-state index in [1.165, 1.54) is 24.3 Å². The Kier molecular flexibility index (Phi) is 5.29. The number of carbonyl (C=O) groups is 1. The number of ether oxygens (including phenoxy) is 2. The molecule has 1 saturated heterocycles. The summed E-state index contributed by atoms with van der Waals surface area (Å²) in [5.74, 6) is 0.316. The number of rotatable bonds is 5. The van der Waals surface area contributed by atoms with Crippen LogP contribution in [0.2, 0.25) is 0 Å². The standard InChI is InChI=1S/C21H25NO5S/c1-26-21(23)20-7-4-12-22(20)28(24,25)19-11-9-15-13-18(10-8-16(15)14-19)27-17-5-2-3-6-17/h8-11,13-14,17,20H,2-7,12H2,1H3/t20-/m0/s1. The molecule has 1 heterocycles. The molecule has 0 aromatic heterocycles. The van der Waals surface area contributed by atoms with Crippen LogP contribution in [0.25, 0.3) is 10.8 Å². The number of fused-ring (bicyclic) bond motifs is 1. The number of hydrogen-bond acceptors (Lipinski definition) is 5. The predicted molar refractivity (Wildman–Crippen MR) is 106 cm³/mol. The van der Waals surface area contributed by atoms with Gasteiger partial charge < -0.3 is 9.47 Å². The van der Waals surface area contributed by atoms with E-state index in [-0.39, 0.29) is 11.0 Å². The molecule has 2 fully saturated rings. The van der Waals surface area contributed by atoms with E-state index in [2.05, 4.69) is 0 Å². The van der Waals surface area contributed by atoms with E-state index >= 15 is 0 Å². The summed E-state index contributed by atoms with van der Waals surface area (Å²) in [6, 6.07) is 10.1. The normalized spacial score (nSPS) is 21.2. The van der Waals surface area contributed by atoms with E-state index in [0.717, 1.165) is 29.4 Å². The minimum absolute atomic E-state index is 0.195. The second-order valence-corrected chi connectivity index (χ2v) is 9.38. The van der Waals surface area contributed by atoms with Crippen molar-refractivity contribution in [1.82, 2.24) is 4.31 Å². The third-order valence-electron chi connectivity index (χ3n) is 5.67. The predicted octanol–water partition coefficient (Wildman–Crippen LogP) is 3.49. The van der Waals surface area contributed by atoms with Gasteiger partial charge in [0.1, 0.15) is 11.8 Å². The highest BCUT2D eigenvalue weighted by atomic mass is 32.2. The molecule has 6 nitrogen and oxygen atoms in total. The van der Waals surface area contributed by atoms with Gasteiger partial charge in [-0.15, -0.1) is 0 Å². The molecular formula is C21H25NO5S. The summed E-state index contributed by atoms with van der Waals surface area (Å²) in [5, 5.41) is 1.76. The summed E-state index contributed by atoms with van der Waals surface area (Å²) in [4.78, 5) is 12.1. The highest BCUT2D eigenvalue weighted by Gasteiger charge is 2.40. The Morgan fingerprint density at radius 2 is 1.71 bits per heavy atom.